The van der Waals surface area contributed by atoms with Crippen LogP contribution >= 0.6 is 23.2 Å². The zero-order valence-electron chi connectivity index (χ0n) is 17.3. The highest BCUT2D eigenvalue weighted by Crippen LogP contribution is 2.27. The number of nitrogens with one attached hydrogen (secondary N) is 2. The Kier molecular flexibility index (Phi) is 7.98. The molecule has 0 bridgehead atoms. The van der Waals surface area contributed by atoms with E-state index in [4.69, 9.17) is 33.2 Å². The first-order valence-electron chi connectivity index (χ1n) is 10.4. The maximum Gasteiger partial charge on any atom is 0.225 e. The van der Waals surface area contributed by atoms with Crippen LogP contribution in [0.3, 0.4) is 0 Å². The van der Waals surface area contributed by atoms with E-state index >= 15 is 0 Å². The fourth-order valence-electron chi connectivity index (χ4n) is 4.02. The van der Waals surface area contributed by atoms with Gasteiger partial charge >= 0.3 is 0 Å². The third kappa shape index (κ3) is 5.79. The second-order valence-electron chi connectivity index (χ2n) is 8.09. The molecule has 31 heavy (non-hydrogen) atoms. The SMILES string of the molecule is C.CN(C)c1nc(NC2CCC(NCc3cc(Cl)ccc3Cl)CC2)nc2ccccc12. The summed E-state index contributed by atoms with van der Waals surface area (Å²) in [6.45, 7) is 0.738. The highest BCUT2D eigenvalue weighted by atomic mass is 35.5. The van der Waals surface area contributed by atoms with Gasteiger partial charge in [-0.2, -0.15) is 4.98 Å². The van der Waals surface area contributed by atoms with Crippen LogP contribution in [-0.2, 0) is 6.54 Å². The van der Waals surface area contributed by atoms with Crippen molar-refractivity contribution in [1.82, 2.24) is 15.3 Å². The number of hydrogen-bond donors (Lipinski definition) is 2. The lowest BCUT2D eigenvalue weighted by Crippen LogP contribution is -2.37. The number of fused-ring (bicyclic) bond motifs is 1. The van der Waals surface area contributed by atoms with Gasteiger partial charge in [-0.3, -0.25) is 0 Å². The van der Waals surface area contributed by atoms with Gasteiger partial charge in [-0.15, -0.1) is 0 Å². The smallest absolute Gasteiger partial charge is 0.225 e. The van der Waals surface area contributed by atoms with Crippen LogP contribution in [0, 0.1) is 0 Å². The number of anilines is 2. The normalized spacial score (nSPS) is 18.5. The third-order valence-electron chi connectivity index (χ3n) is 5.66. The molecule has 0 saturated heterocycles. The largest absolute Gasteiger partial charge is 0.362 e. The van der Waals surface area contributed by atoms with Gasteiger partial charge in [0, 0.05) is 48.2 Å². The summed E-state index contributed by atoms with van der Waals surface area (Å²) >= 11 is 12.4. The number of nitrogens with zero attached hydrogens (tertiary/aromatic N) is 3. The molecule has 0 amide bonds. The number of halogens is 2. The fraction of sp³-hybridized carbons (Fsp3) is 0.417. The molecule has 2 aromatic carbocycles. The van der Waals surface area contributed by atoms with Crippen LogP contribution in [0.15, 0.2) is 42.5 Å². The van der Waals surface area contributed by atoms with Gasteiger partial charge in [-0.25, -0.2) is 4.98 Å². The Labute approximate surface area is 195 Å². The molecule has 0 radical (unpaired) electrons. The van der Waals surface area contributed by atoms with Gasteiger partial charge in [0.15, 0.2) is 0 Å². The van der Waals surface area contributed by atoms with Crippen LogP contribution in [0.25, 0.3) is 10.9 Å². The molecule has 0 unspecified atom stereocenters. The molecule has 166 valence electrons. The van der Waals surface area contributed by atoms with Crippen molar-refractivity contribution in [3.63, 3.8) is 0 Å². The van der Waals surface area contributed by atoms with Crippen LogP contribution in [0.4, 0.5) is 11.8 Å². The van der Waals surface area contributed by atoms with Crippen molar-refractivity contribution in [2.75, 3.05) is 24.3 Å². The maximum atomic E-state index is 6.28. The topological polar surface area (TPSA) is 53.1 Å². The second-order valence-corrected chi connectivity index (χ2v) is 8.94. The van der Waals surface area contributed by atoms with Gasteiger partial charge in [0.2, 0.25) is 5.95 Å². The van der Waals surface area contributed by atoms with E-state index in [0.29, 0.717) is 18.0 Å². The third-order valence-corrected chi connectivity index (χ3v) is 6.26. The average Bonchev–Trinajstić information content (AvgIpc) is 2.74. The van der Waals surface area contributed by atoms with E-state index in [-0.39, 0.29) is 7.43 Å². The maximum absolute atomic E-state index is 6.28. The van der Waals surface area contributed by atoms with E-state index < -0.39 is 0 Å². The first-order valence-corrected chi connectivity index (χ1v) is 11.1. The van der Waals surface area contributed by atoms with Crippen molar-refractivity contribution in [1.29, 1.82) is 0 Å². The summed E-state index contributed by atoms with van der Waals surface area (Å²) in [5, 5.41) is 9.74. The number of benzene rings is 2. The van der Waals surface area contributed by atoms with E-state index in [2.05, 4.69) is 16.7 Å². The molecule has 4 rings (SSSR count). The first-order chi connectivity index (χ1) is 14.5. The number of rotatable bonds is 6. The van der Waals surface area contributed by atoms with E-state index in [0.717, 1.165) is 64.6 Å². The summed E-state index contributed by atoms with van der Waals surface area (Å²) in [4.78, 5) is 11.5. The number of hydrogen-bond acceptors (Lipinski definition) is 5. The molecule has 1 fully saturated rings. The minimum absolute atomic E-state index is 0. The summed E-state index contributed by atoms with van der Waals surface area (Å²) in [6.07, 6.45) is 4.36. The lowest BCUT2D eigenvalue weighted by atomic mass is 9.91. The van der Waals surface area contributed by atoms with Crippen molar-refractivity contribution in [2.45, 2.75) is 51.7 Å². The van der Waals surface area contributed by atoms with Crippen molar-refractivity contribution in [3.05, 3.63) is 58.1 Å². The standard InChI is InChI=1S/C23H27Cl2N5.CH4/c1-30(2)22-19-5-3-4-6-21(19)28-23(29-22)27-18-10-8-17(9-11-18)26-14-15-13-16(24)7-12-20(15)25;/h3-7,12-13,17-18,26H,8-11,14H2,1-2H3,(H,27,28,29);1H4. The minimum Gasteiger partial charge on any atom is -0.362 e. The Balaban J connectivity index is 0.00000272. The van der Waals surface area contributed by atoms with E-state index in [1.807, 2.05) is 55.4 Å². The van der Waals surface area contributed by atoms with Crippen molar-refractivity contribution >= 4 is 45.9 Å². The molecule has 1 aliphatic rings. The van der Waals surface area contributed by atoms with Crippen molar-refractivity contribution < 1.29 is 0 Å². The summed E-state index contributed by atoms with van der Waals surface area (Å²) in [5.74, 6) is 1.65. The van der Waals surface area contributed by atoms with Gasteiger partial charge < -0.3 is 15.5 Å². The Hall–Kier alpha value is -2.08. The summed E-state index contributed by atoms with van der Waals surface area (Å²) < 4.78 is 0. The fourth-order valence-corrected chi connectivity index (χ4v) is 4.40. The van der Waals surface area contributed by atoms with Gasteiger partial charge in [-0.1, -0.05) is 42.8 Å². The highest BCUT2D eigenvalue weighted by molar-refractivity contribution is 6.33. The molecule has 0 aliphatic heterocycles. The minimum atomic E-state index is 0. The lowest BCUT2D eigenvalue weighted by Gasteiger charge is -2.30. The Morgan fingerprint density at radius 3 is 2.42 bits per heavy atom. The van der Waals surface area contributed by atoms with E-state index in [9.17, 15) is 0 Å². The van der Waals surface area contributed by atoms with Crippen molar-refractivity contribution in [3.8, 4) is 0 Å². The van der Waals surface area contributed by atoms with Gasteiger partial charge in [0.05, 0.1) is 5.52 Å². The Morgan fingerprint density at radius 2 is 1.68 bits per heavy atom. The first kappa shape index (κ1) is 23.6. The predicted molar refractivity (Wildman–Crippen MR) is 134 cm³/mol. The predicted octanol–water partition coefficient (Wildman–Crippen LogP) is 6.15. The molecule has 5 nitrogen and oxygen atoms in total. The van der Waals surface area contributed by atoms with Crippen LogP contribution in [0.2, 0.25) is 10.0 Å². The van der Waals surface area contributed by atoms with Gasteiger partial charge in [0.25, 0.3) is 0 Å². The average molecular weight is 460 g/mol. The molecular weight excluding hydrogens is 429 g/mol. The molecule has 1 aromatic heterocycles. The molecule has 1 heterocycles. The Bertz CT molecular complexity index is 1020. The van der Waals surface area contributed by atoms with Crippen LogP contribution in [-0.4, -0.2) is 36.1 Å². The monoisotopic (exact) mass is 459 g/mol. The zero-order chi connectivity index (χ0) is 21.1. The molecule has 0 atom stereocenters. The quantitative estimate of drug-likeness (QED) is 0.462. The lowest BCUT2D eigenvalue weighted by molar-refractivity contribution is 0.352. The van der Waals surface area contributed by atoms with Crippen LogP contribution < -0.4 is 15.5 Å². The number of aromatic nitrogens is 2. The Morgan fingerprint density at radius 1 is 0.968 bits per heavy atom. The number of para-hydroxylation sites is 1. The zero-order valence-corrected chi connectivity index (χ0v) is 18.8. The molecular formula is C24H31Cl2N5. The van der Waals surface area contributed by atoms with Crippen LogP contribution in [0.5, 0.6) is 0 Å². The molecule has 1 aliphatic carbocycles. The molecule has 7 heteroatoms. The molecule has 0 spiro atoms. The second kappa shape index (κ2) is 10.5. The van der Waals surface area contributed by atoms with E-state index in [1.54, 1.807) is 0 Å². The van der Waals surface area contributed by atoms with Gasteiger partial charge in [-0.05, 0) is 61.6 Å². The summed E-state index contributed by atoms with van der Waals surface area (Å²) in [5.41, 5.74) is 2.01. The highest BCUT2D eigenvalue weighted by Gasteiger charge is 2.22. The molecule has 3 aromatic rings. The van der Waals surface area contributed by atoms with Crippen LogP contribution in [0.1, 0.15) is 38.7 Å². The van der Waals surface area contributed by atoms with Crippen molar-refractivity contribution in [2.24, 2.45) is 0 Å². The van der Waals surface area contributed by atoms with Gasteiger partial charge in [0.1, 0.15) is 5.82 Å². The molecule has 2 N–H and O–H groups in total. The summed E-state index contributed by atoms with van der Waals surface area (Å²) in [7, 11) is 4.03. The van der Waals surface area contributed by atoms with E-state index in [1.165, 1.54) is 0 Å². The molecule has 1 saturated carbocycles. The summed E-state index contributed by atoms with van der Waals surface area (Å²) in [6, 6.07) is 14.6.